The van der Waals surface area contributed by atoms with E-state index in [9.17, 15) is 10.1 Å². The zero-order chi connectivity index (χ0) is 15.0. The van der Waals surface area contributed by atoms with E-state index in [0.717, 1.165) is 13.0 Å². The lowest BCUT2D eigenvalue weighted by atomic mass is 10.2. The molecule has 0 spiro atoms. The summed E-state index contributed by atoms with van der Waals surface area (Å²) in [7, 11) is 0. The summed E-state index contributed by atoms with van der Waals surface area (Å²) in [6, 6.07) is 4.50. The first-order valence-corrected chi connectivity index (χ1v) is 6.41. The quantitative estimate of drug-likeness (QED) is 0.445. The highest BCUT2D eigenvalue weighted by molar-refractivity contribution is 5.50. The Labute approximate surface area is 117 Å². The third-order valence-corrected chi connectivity index (χ3v) is 2.40. The molecule has 0 unspecified atom stereocenters. The fourth-order valence-electron chi connectivity index (χ4n) is 1.49. The van der Waals surface area contributed by atoms with Gasteiger partial charge in [-0.2, -0.15) is 5.26 Å². The van der Waals surface area contributed by atoms with Gasteiger partial charge in [0.25, 0.3) is 0 Å². The van der Waals surface area contributed by atoms with E-state index in [-0.39, 0.29) is 11.4 Å². The van der Waals surface area contributed by atoms with Crippen LogP contribution in [0, 0.1) is 27.4 Å². The number of hydrogen-bond donors (Lipinski definition) is 1. The predicted molar refractivity (Wildman–Crippen MR) is 74.4 cm³/mol. The Balaban J connectivity index is 2.42. The van der Waals surface area contributed by atoms with Gasteiger partial charge in [-0.15, -0.1) is 0 Å². The van der Waals surface area contributed by atoms with E-state index in [0.29, 0.717) is 24.9 Å². The fraction of sp³-hybridized carbons (Fsp3) is 0.538. The number of pyridine rings is 1. The summed E-state index contributed by atoms with van der Waals surface area (Å²) in [5.41, 5.74) is -0.464. The molecule has 0 aliphatic heterocycles. The van der Waals surface area contributed by atoms with Gasteiger partial charge < -0.3 is 10.1 Å². The number of nitro groups is 1. The van der Waals surface area contributed by atoms with Crippen molar-refractivity contribution < 1.29 is 9.66 Å². The predicted octanol–water partition coefficient (Wildman–Crippen LogP) is 2.34. The number of anilines is 1. The number of nitriles is 1. The smallest absolute Gasteiger partial charge is 0.305 e. The van der Waals surface area contributed by atoms with E-state index in [1.165, 1.54) is 12.1 Å². The number of nitrogens with one attached hydrogen (secondary N) is 1. The number of rotatable bonds is 8. The second kappa shape index (κ2) is 8.07. The van der Waals surface area contributed by atoms with E-state index >= 15 is 0 Å². The van der Waals surface area contributed by atoms with Crippen molar-refractivity contribution in [3.8, 4) is 6.07 Å². The Morgan fingerprint density at radius 3 is 2.90 bits per heavy atom. The summed E-state index contributed by atoms with van der Waals surface area (Å²) < 4.78 is 5.43. The van der Waals surface area contributed by atoms with Crippen molar-refractivity contribution in [3.05, 3.63) is 27.9 Å². The van der Waals surface area contributed by atoms with Crippen LogP contribution in [-0.2, 0) is 4.74 Å². The highest BCUT2D eigenvalue weighted by atomic mass is 16.6. The van der Waals surface area contributed by atoms with Crippen LogP contribution in [0.15, 0.2) is 12.1 Å². The van der Waals surface area contributed by atoms with Crippen molar-refractivity contribution in [1.29, 1.82) is 5.26 Å². The molecular weight excluding hydrogens is 260 g/mol. The van der Waals surface area contributed by atoms with Crippen molar-refractivity contribution in [1.82, 2.24) is 4.98 Å². The lowest BCUT2D eigenvalue weighted by molar-refractivity contribution is -0.385. The van der Waals surface area contributed by atoms with Crippen LogP contribution in [0.5, 0.6) is 0 Å². The third-order valence-electron chi connectivity index (χ3n) is 2.40. The van der Waals surface area contributed by atoms with E-state index in [4.69, 9.17) is 10.00 Å². The van der Waals surface area contributed by atoms with Crippen molar-refractivity contribution >= 4 is 11.5 Å². The van der Waals surface area contributed by atoms with Crippen LogP contribution in [0.25, 0.3) is 0 Å². The third kappa shape index (κ3) is 5.20. The second-order valence-corrected chi connectivity index (χ2v) is 4.68. The Kier molecular flexibility index (Phi) is 6.40. The van der Waals surface area contributed by atoms with Gasteiger partial charge in [-0.1, -0.05) is 13.8 Å². The summed E-state index contributed by atoms with van der Waals surface area (Å²) in [5, 5.41) is 22.5. The van der Waals surface area contributed by atoms with Crippen molar-refractivity contribution in [3.63, 3.8) is 0 Å². The molecule has 1 rings (SSSR count). The minimum atomic E-state index is -0.616. The minimum absolute atomic E-state index is 0.184. The van der Waals surface area contributed by atoms with Crippen LogP contribution in [0.1, 0.15) is 26.0 Å². The molecule has 0 amide bonds. The average molecular weight is 278 g/mol. The van der Waals surface area contributed by atoms with Gasteiger partial charge in [-0.05, 0) is 18.4 Å². The second-order valence-electron chi connectivity index (χ2n) is 4.68. The summed E-state index contributed by atoms with van der Waals surface area (Å²) in [6.45, 7) is 6.18. The Bertz CT molecular complexity index is 497. The van der Waals surface area contributed by atoms with E-state index in [1.807, 2.05) is 0 Å². The number of hydrogen-bond acceptors (Lipinski definition) is 6. The van der Waals surface area contributed by atoms with E-state index < -0.39 is 4.92 Å². The van der Waals surface area contributed by atoms with Crippen LogP contribution < -0.4 is 5.32 Å². The summed E-state index contributed by atoms with van der Waals surface area (Å²) in [4.78, 5) is 13.9. The lowest BCUT2D eigenvalue weighted by Crippen LogP contribution is -2.09. The number of nitrogens with zero attached hydrogens (tertiary/aromatic N) is 3. The molecule has 7 heteroatoms. The monoisotopic (exact) mass is 278 g/mol. The van der Waals surface area contributed by atoms with Gasteiger partial charge in [0.1, 0.15) is 11.9 Å². The molecule has 20 heavy (non-hydrogen) atoms. The van der Waals surface area contributed by atoms with E-state index in [1.54, 1.807) is 6.07 Å². The molecule has 0 radical (unpaired) electrons. The Hall–Kier alpha value is -2.20. The van der Waals surface area contributed by atoms with Gasteiger partial charge in [0.05, 0.1) is 4.92 Å². The molecule has 0 bridgehead atoms. The number of aromatic nitrogens is 1. The first kappa shape index (κ1) is 15.9. The van der Waals surface area contributed by atoms with Crippen molar-refractivity contribution in [2.24, 2.45) is 5.92 Å². The van der Waals surface area contributed by atoms with Crippen LogP contribution in [0.3, 0.4) is 0 Å². The molecule has 108 valence electrons. The molecular formula is C13H18N4O3. The molecule has 1 aromatic rings. The SMILES string of the molecule is CC(C)COCCCNc1ccc([N+](=O)[O-])c(C#N)n1. The molecule has 0 aromatic carbocycles. The molecule has 7 nitrogen and oxygen atoms in total. The van der Waals surface area contributed by atoms with Crippen molar-refractivity contribution in [2.75, 3.05) is 25.1 Å². The molecule has 0 saturated heterocycles. The zero-order valence-corrected chi connectivity index (χ0v) is 11.6. The molecule has 0 saturated carbocycles. The molecule has 1 aromatic heterocycles. The normalized spacial score (nSPS) is 10.3. The standard InChI is InChI=1S/C13H18N4O3/c1-10(2)9-20-7-3-6-15-13-5-4-12(17(18)19)11(8-14)16-13/h4-5,10H,3,6-7,9H2,1-2H3,(H,15,16). The lowest BCUT2D eigenvalue weighted by Gasteiger charge is -2.08. The average Bonchev–Trinajstić information content (AvgIpc) is 2.41. The Morgan fingerprint density at radius 2 is 2.30 bits per heavy atom. The highest BCUT2D eigenvalue weighted by Gasteiger charge is 2.15. The molecule has 0 fully saturated rings. The molecule has 0 aliphatic rings. The maximum atomic E-state index is 10.7. The van der Waals surface area contributed by atoms with Gasteiger partial charge >= 0.3 is 5.69 Å². The summed E-state index contributed by atoms with van der Waals surface area (Å²) in [6.07, 6.45) is 0.799. The van der Waals surface area contributed by atoms with Crippen LogP contribution in [0.2, 0.25) is 0 Å². The van der Waals surface area contributed by atoms with Crippen LogP contribution >= 0.6 is 0 Å². The molecule has 1 heterocycles. The largest absolute Gasteiger partial charge is 0.381 e. The maximum absolute atomic E-state index is 10.7. The minimum Gasteiger partial charge on any atom is -0.381 e. The first-order chi connectivity index (χ1) is 9.54. The summed E-state index contributed by atoms with van der Waals surface area (Å²) in [5.74, 6) is 0.966. The van der Waals surface area contributed by atoms with Gasteiger partial charge in [0.2, 0.25) is 5.69 Å². The maximum Gasteiger partial charge on any atom is 0.305 e. The fourth-order valence-corrected chi connectivity index (χ4v) is 1.49. The molecule has 1 N–H and O–H groups in total. The molecule has 0 atom stereocenters. The van der Waals surface area contributed by atoms with Gasteiger partial charge in [-0.3, -0.25) is 10.1 Å². The highest BCUT2D eigenvalue weighted by Crippen LogP contribution is 2.17. The number of ether oxygens (including phenoxy) is 1. The van der Waals surface area contributed by atoms with Gasteiger partial charge in [-0.25, -0.2) is 4.98 Å². The van der Waals surface area contributed by atoms with Crippen LogP contribution in [0.4, 0.5) is 11.5 Å². The zero-order valence-electron chi connectivity index (χ0n) is 11.6. The van der Waals surface area contributed by atoms with Gasteiger partial charge in [0.15, 0.2) is 0 Å². The van der Waals surface area contributed by atoms with Gasteiger partial charge in [0, 0.05) is 25.8 Å². The summed E-state index contributed by atoms with van der Waals surface area (Å²) >= 11 is 0. The first-order valence-electron chi connectivity index (χ1n) is 6.41. The Morgan fingerprint density at radius 1 is 1.55 bits per heavy atom. The topological polar surface area (TPSA) is 101 Å². The van der Waals surface area contributed by atoms with Crippen LogP contribution in [-0.4, -0.2) is 29.7 Å². The molecule has 0 aliphatic carbocycles. The van der Waals surface area contributed by atoms with Crippen molar-refractivity contribution in [2.45, 2.75) is 20.3 Å². The van der Waals surface area contributed by atoms with E-state index in [2.05, 4.69) is 24.1 Å².